The lowest BCUT2D eigenvalue weighted by molar-refractivity contribution is 0.0563. The van der Waals surface area contributed by atoms with E-state index in [1.54, 1.807) is 12.4 Å². The Morgan fingerprint density at radius 2 is 2.04 bits per heavy atom. The number of rotatable bonds is 5. The highest BCUT2D eigenvalue weighted by Crippen LogP contribution is 2.29. The van der Waals surface area contributed by atoms with Gasteiger partial charge in [-0.05, 0) is 40.0 Å². The minimum atomic E-state index is -0.728. The number of likely N-dealkylation sites (N-methyl/N-ethyl adjacent to an activating group) is 1. The number of β-amino-alcohol motifs (C(OH)–C–C–N with tert-alkyl or cyclic N) is 1. The topological polar surface area (TPSA) is 52.5 Å². The molecule has 5 nitrogen and oxygen atoms in total. The maximum atomic E-state index is 11.2. The fourth-order valence-corrected chi connectivity index (χ4v) is 4.19. The number of hydrogen-bond acceptors (Lipinski definition) is 5. The number of nitrogens with zero attached hydrogens (tertiary/aromatic N) is 4. The molecule has 1 saturated heterocycles. The first-order valence-corrected chi connectivity index (χ1v) is 9.92. The maximum absolute atomic E-state index is 11.2. The van der Waals surface area contributed by atoms with Crippen LogP contribution in [-0.4, -0.2) is 52.3 Å². The van der Waals surface area contributed by atoms with Gasteiger partial charge in [-0.1, -0.05) is 30.3 Å². The van der Waals surface area contributed by atoms with Gasteiger partial charge >= 0.3 is 0 Å². The van der Waals surface area contributed by atoms with E-state index in [2.05, 4.69) is 60.0 Å². The molecule has 3 heterocycles. The molecule has 0 radical (unpaired) electrons. The molecule has 0 amide bonds. The van der Waals surface area contributed by atoms with Gasteiger partial charge in [-0.2, -0.15) is 0 Å². The van der Waals surface area contributed by atoms with Crippen LogP contribution in [0.2, 0.25) is 0 Å². The van der Waals surface area contributed by atoms with Gasteiger partial charge in [0.2, 0.25) is 0 Å². The van der Waals surface area contributed by atoms with Crippen LogP contribution in [0.1, 0.15) is 12.0 Å². The lowest BCUT2D eigenvalue weighted by Crippen LogP contribution is -2.44. The summed E-state index contributed by atoms with van der Waals surface area (Å²) in [6.45, 7) is 3.02. The number of halogens is 1. The molecule has 2 aromatic heterocycles. The third kappa shape index (κ3) is 4.13. The summed E-state index contributed by atoms with van der Waals surface area (Å²) < 4.78 is 0.910. The molecule has 0 saturated carbocycles. The molecule has 1 N–H and O–H groups in total. The zero-order valence-electron chi connectivity index (χ0n) is 15.3. The van der Waals surface area contributed by atoms with Crippen LogP contribution >= 0.6 is 15.9 Å². The summed E-state index contributed by atoms with van der Waals surface area (Å²) in [4.78, 5) is 13.3. The first-order chi connectivity index (χ1) is 13.0. The van der Waals surface area contributed by atoms with Crippen LogP contribution < -0.4 is 4.90 Å². The van der Waals surface area contributed by atoms with E-state index in [-0.39, 0.29) is 0 Å². The molecule has 1 atom stereocenters. The van der Waals surface area contributed by atoms with Gasteiger partial charge in [0.1, 0.15) is 5.52 Å². The Labute approximate surface area is 167 Å². The normalized spacial score (nSPS) is 20.3. The van der Waals surface area contributed by atoms with Crippen LogP contribution in [-0.2, 0) is 6.54 Å². The molecule has 4 rings (SSSR count). The van der Waals surface area contributed by atoms with Gasteiger partial charge in [0, 0.05) is 50.1 Å². The Morgan fingerprint density at radius 1 is 1.22 bits per heavy atom. The van der Waals surface area contributed by atoms with E-state index in [0.717, 1.165) is 40.7 Å². The zero-order chi connectivity index (χ0) is 18.9. The van der Waals surface area contributed by atoms with Crippen molar-refractivity contribution in [1.29, 1.82) is 0 Å². The minimum absolute atomic E-state index is 0.565. The second-order valence-corrected chi connectivity index (χ2v) is 8.29. The number of pyridine rings is 2. The smallest absolute Gasteiger partial charge is 0.112 e. The summed E-state index contributed by atoms with van der Waals surface area (Å²) in [6, 6.07) is 14.3. The van der Waals surface area contributed by atoms with Crippen molar-refractivity contribution in [3.05, 3.63) is 64.9 Å². The Balaban J connectivity index is 1.47. The largest absolute Gasteiger partial charge is 0.387 e. The lowest BCUT2D eigenvalue weighted by Gasteiger charge is -2.30. The Bertz CT molecular complexity index is 936. The number of likely N-dealkylation sites (tertiary alicyclic amines) is 1. The quantitative estimate of drug-likeness (QED) is 0.676. The van der Waals surface area contributed by atoms with Crippen LogP contribution in [0.15, 0.2) is 59.3 Å². The second-order valence-electron chi connectivity index (χ2n) is 7.38. The second kappa shape index (κ2) is 7.54. The molecule has 1 aliphatic rings. The summed E-state index contributed by atoms with van der Waals surface area (Å²) in [5.41, 5.74) is 3.24. The third-order valence-corrected chi connectivity index (χ3v) is 5.56. The SMILES string of the molecule is CN(CC1(O)CCN(Cc2ccccc2)C1)c1ccnc2cc(Br)cnc12. The molecule has 1 aliphatic heterocycles. The van der Waals surface area contributed by atoms with Crippen LogP contribution in [0.4, 0.5) is 5.69 Å². The number of anilines is 1. The average molecular weight is 427 g/mol. The molecule has 27 heavy (non-hydrogen) atoms. The Hall–Kier alpha value is -2.02. The molecular formula is C21H23BrN4O. The van der Waals surface area contributed by atoms with E-state index >= 15 is 0 Å². The Morgan fingerprint density at radius 3 is 2.85 bits per heavy atom. The molecule has 1 aromatic carbocycles. The minimum Gasteiger partial charge on any atom is -0.387 e. The van der Waals surface area contributed by atoms with Gasteiger partial charge in [0.05, 0.1) is 16.8 Å². The summed E-state index contributed by atoms with van der Waals surface area (Å²) in [6.07, 6.45) is 4.35. The Kier molecular flexibility index (Phi) is 5.12. The number of aliphatic hydroxyl groups is 1. The van der Waals surface area contributed by atoms with E-state index in [1.165, 1.54) is 5.56 Å². The van der Waals surface area contributed by atoms with Crippen LogP contribution in [0.25, 0.3) is 11.0 Å². The van der Waals surface area contributed by atoms with E-state index in [1.807, 2.05) is 25.2 Å². The van der Waals surface area contributed by atoms with Crippen LogP contribution in [0.3, 0.4) is 0 Å². The number of hydrogen-bond donors (Lipinski definition) is 1. The van der Waals surface area contributed by atoms with Crippen molar-refractivity contribution in [2.24, 2.45) is 0 Å². The molecule has 1 fully saturated rings. The van der Waals surface area contributed by atoms with Crippen molar-refractivity contribution in [3.8, 4) is 0 Å². The van der Waals surface area contributed by atoms with E-state index < -0.39 is 5.60 Å². The van der Waals surface area contributed by atoms with Crippen LogP contribution in [0, 0.1) is 0 Å². The summed E-state index contributed by atoms with van der Waals surface area (Å²) in [5.74, 6) is 0. The zero-order valence-corrected chi connectivity index (χ0v) is 16.9. The number of fused-ring (bicyclic) bond motifs is 1. The molecule has 3 aromatic rings. The molecule has 140 valence electrons. The molecule has 0 aliphatic carbocycles. The van der Waals surface area contributed by atoms with Gasteiger partial charge in [0.25, 0.3) is 0 Å². The molecule has 1 unspecified atom stereocenters. The van der Waals surface area contributed by atoms with E-state index in [9.17, 15) is 5.11 Å². The van der Waals surface area contributed by atoms with E-state index in [0.29, 0.717) is 13.1 Å². The van der Waals surface area contributed by atoms with Gasteiger partial charge in [-0.15, -0.1) is 0 Å². The van der Waals surface area contributed by atoms with Crippen molar-refractivity contribution >= 4 is 32.7 Å². The fraction of sp³-hybridized carbons (Fsp3) is 0.333. The predicted molar refractivity (Wildman–Crippen MR) is 112 cm³/mol. The van der Waals surface area contributed by atoms with Crippen molar-refractivity contribution in [2.75, 3.05) is 31.6 Å². The fourth-order valence-electron chi connectivity index (χ4n) is 3.87. The summed E-state index contributed by atoms with van der Waals surface area (Å²) in [7, 11) is 2.01. The first kappa shape index (κ1) is 18.3. The molecule has 6 heteroatoms. The molecule has 0 spiro atoms. The van der Waals surface area contributed by atoms with E-state index in [4.69, 9.17) is 0 Å². The highest BCUT2D eigenvalue weighted by molar-refractivity contribution is 9.10. The van der Waals surface area contributed by atoms with Crippen molar-refractivity contribution in [1.82, 2.24) is 14.9 Å². The predicted octanol–water partition coefficient (Wildman–Crippen LogP) is 3.47. The maximum Gasteiger partial charge on any atom is 0.112 e. The number of benzene rings is 1. The van der Waals surface area contributed by atoms with Crippen molar-refractivity contribution < 1.29 is 5.11 Å². The highest BCUT2D eigenvalue weighted by Gasteiger charge is 2.37. The van der Waals surface area contributed by atoms with Crippen molar-refractivity contribution in [3.63, 3.8) is 0 Å². The molecule has 0 bridgehead atoms. The van der Waals surface area contributed by atoms with Gasteiger partial charge in [0.15, 0.2) is 0 Å². The highest BCUT2D eigenvalue weighted by atomic mass is 79.9. The third-order valence-electron chi connectivity index (χ3n) is 5.13. The number of aromatic nitrogens is 2. The van der Waals surface area contributed by atoms with Gasteiger partial charge in [-0.25, -0.2) is 0 Å². The van der Waals surface area contributed by atoms with Gasteiger partial charge in [-0.3, -0.25) is 14.9 Å². The summed E-state index contributed by atoms with van der Waals surface area (Å²) >= 11 is 3.45. The van der Waals surface area contributed by atoms with Crippen molar-refractivity contribution in [2.45, 2.75) is 18.6 Å². The first-order valence-electron chi connectivity index (χ1n) is 9.12. The standard InChI is InChI=1S/C21H23BrN4O/c1-25(19-7-9-23-18-11-17(22)12-24-20(18)19)14-21(27)8-10-26(15-21)13-16-5-3-2-4-6-16/h2-7,9,11-12,27H,8,10,13-15H2,1H3. The van der Waals surface area contributed by atoms with Gasteiger partial charge < -0.3 is 10.0 Å². The average Bonchev–Trinajstić information content (AvgIpc) is 3.02. The monoisotopic (exact) mass is 426 g/mol. The molecular weight excluding hydrogens is 404 g/mol. The van der Waals surface area contributed by atoms with Crippen LogP contribution in [0.5, 0.6) is 0 Å². The lowest BCUT2D eigenvalue weighted by atomic mass is 10.0. The summed E-state index contributed by atoms with van der Waals surface area (Å²) in [5, 5.41) is 11.2.